The fourth-order valence-corrected chi connectivity index (χ4v) is 5.04. The summed E-state index contributed by atoms with van der Waals surface area (Å²) in [7, 11) is -2.30. The van der Waals surface area contributed by atoms with E-state index in [-0.39, 0.29) is 10.6 Å². The van der Waals surface area contributed by atoms with Gasteiger partial charge >= 0.3 is 0 Å². The van der Waals surface area contributed by atoms with Gasteiger partial charge in [0.2, 0.25) is 10.0 Å². The van der Waals surface area contributed by atoms with Crippen LogP contribution in [0.5, 0.6) is 11.5 Å². The lowest BCUT2D eigenvalue weighted by atomic mass is 10.2. The number of methoxy groups -OCH3 is 1. The Morgan fingerprint density at radius 1 is 1.10 bits per heavy atom. The highest BCUT2D eigenvalue weighted by molar-refractivity contribution is 7.89. The number of halogens is 1. The van der Waals surface area contributed by atoms with Crippen molar-refractivity contribution in [3.05, 3.63) is 47.5 Å². The summed E-state index contributed by atoms with van der Waals surface area (Å²) in [6.45, 7) is 2.57. The molecule has 1 heterocycles. The van der Waals surface area contributed by atoms with Crippen LogP contribution in [0.4, 0.5) is 5.69 Å². The molecule has 1 fully saturated rings. The number of nitrogens with zero attached hydrogens (tertiary/aromatic N) is 1. The number of sulfonamides is 1. The molecule has 1 saturated heterocycles. The summed E-state index contributed by atoms with van der Waals surface area (Å²) in [5.41, 5.74) is 0.350. The highest BCUT2D eigenvalue weighted by Crippen LogP contribution is 2.31. The molecule has 1 aliphatic rings. The van der Waals surface area contributed by atoms with E-state index in [4.69, 9.17) is 21.1 Å². The van der Waals surface area contributed by atoms with Crippen molar-refractivity contribution in [2.45, 2.75) is 37.2 Å². The fourth-order valence-electron chi connectivity index (χ4n) is 3.22. The van der Waals surface area contributed by atoms with Crippen LogP contribution < -0.4 is 14.8 Å². The maximum atomic E-state index is 13.1. The molecule has 30 heavy (non-hydrogen) atoms. The lowest BCUT2D eigenvalue weighted by Gasteiger charge is -2.26. The number of anilines is 1. The van der Waals surface area contributed by atoms with Gasteiger partial charge in [-0.15, -0.1) is 0 Å². The Bertz CT molecular complexity index is 989. The molecule has 7 nitrogen and oxygen atoms in total. The van der Waals surface area contributed by atoms with Crippen LogP contribution in [0.2, 0.25) is 5.02 Å². The van der Waals surface area contributed by atoms with Crippen LogP contribution in [0, 0.1) is 0 Å². The molecule has 0 saturated carbocycles. The van der Waals surface area contributed by atoms with Gasteiger partial charge < -0.3 is 14.8 Å². The second-order valence-electron chi connectivity index (χ2n) is 7.03. The van der Waals surface area contributed by atoms with Crippen LogP contribution in [0.1, 0.15) is 26.2 Å². The van der Waals surface area contributed by atoms with Crippen molar-refractivity contribution in [1.82, 2.24) is 4.31 Å². The second-order valence-corrected chi connectivity index (χ2v) is 9.38. The first kappa shape index (κ1) is 22.4. The predicted molar refractivity (Wildman–Crippen MR) is 116 cm³/mol. The molecule has 0 aliphatic carbocycles. The van der Waals surface area contributed by atoms with E-state index < -0.39 is 22.0 Å². The van der Waals surface area contributed by atoms with Gasteiger partial charge in [-0.3, -0.25) is 4.79 Å². The van der Waals surface area contributed by atoms with Crippen LogP contribution in [0.3, 0.4) is 0 Å². The van der Waals surface area contributed by atoms with Crippen molar-refractivity contribution in [3.63, 3.8) is 0 Å². The van der Waals surface area contributed by atoms with Crippen LogP contribution >= 0.6 is 11.6 Å². The van der Waals surface area contributed by atoms with Gasteiger partial charge in [-0.2, -0.15) is 4.31 Å². The summed E-state index contributed by atoms with van der Waals surface area (Å²) >= 11 is 5.85. The number of ether oxygens (including phenoxy) is 2. The number of piperidine rings is 1. The smallest absolute Gasteiger partial charge is 0.265 e. The largest absolute Gasteiger partial charge is 0.495 e. The number of hydrogen-bond donors (Lipinski definition) is 1. The Labute approximate surface area is 182 Å². The lowest BCUT2D eigenvalue weighted by Crippen LogP contribution is -2.36. The monoisotopic (exact) mass is 452 g/mol. The maximum Gasteiger partial charge on any atom is 0.265 e. The Balaban J connectivity index is 1.77. The first-order chi connectivity index (χ1) is 14.3. The van der Waals surface area contributed by atoms with Gasteiger partial charge in [0.15, 0.2) is 6.10 Å². The highest BCUT2D eigenvalue weighted by Gasteiger charge is 2.29. The molecular weight excluding hydrogens is 428 g/mol. The third-order valence-corrected chi connectivity index (χ3v) is 7.03. The zero-order chi connectivity index (χ0) is 21.7. The van der Waals surface area contributed by atoms with Crippen LogP contribution in [-0.2, 0) is 14.8 Å². The molecule has 1 aliphatic heterocycles. The van der Waals surface area contributed by atoms with Crippen LogP contribution in [-0.4, -0.2) is 44.9 Å². The standard InChI is InChI=1S/C21H25ClN2O5S/c1-15(29-18-9-6-16(22)7-10-18)21(25)23-17-8-11-19(28-2)20(14-17)30(26,27)24-12-4-3-5-13-24/h6-11,14-15H,3-5,12-13H2,1-2H3,(H,23,25). The lowest BCUT2D eigenvalue weighted by molar-refractivity contribution is -0.122. The Morgan fingerprint density at radius 3 is 2.40 bits per heavy atom. The number of amides is 1. The summed E-state index contributed by atoms with van der Waals surface area (Å²) in [5, 5.41) is 3.28. The van der Waals surface area contributed by atoms with Gasteiger partial charge in [-0.05, 0) is 62.2 Å². The van der Waals surface area contributed by atoms with E-state index in [0.29, 0.717) is 29.5 Å². The van der Waals surface area contributed by atoms with Crippen molar-refractivity contribution in [2.75, 3.05) is 25.5 Å². The molecule has 0 radical (unpaired) electrons. The molecular formula is C21H25ClN2O5S. The Kier molecular flexibility index (Phi) is 7.23. The molecule has 9 heteroatoms. The average Bonchev–Trinajstić information content (AvgIpc) is 2.75. The molecule has 1 unspecified atom stereocenters. The van der Waals surface area contributed by atoms with Gasteiger partial charge in [0.05, 0.1) is 7.11 Å². The summed E-state index contributed by atoms with van der Waals surface area (Å²) in [6.07, 6.45) is 1.88. The molecule has 0 spiro atoms. The predicted octanol–water partition coefficient (Wildman–Crippen LogP) is 3.93. The van der Waals surface area contributed by atoms with Gasteiger partial charge in [0.25, 0.3) is 5.91 Å². The molecule has 2 aromatic carbocycles. The van der Waals surface area contributed by atoms with E-state index >= 15 is 0 Å². The molecule has 0 bridgehead atoms. The number of benzene rings is 2. The van der Waals surface area contributed by atoms with Crippen molar-refractivity contribution < 1.29 is 22.7 Å². The summed E-state index contributed by atoms with van der Waals surface area (Å²) in [5.74, 6) is 0.339. The quantitative estimate of drug-likeness (QED) is 0.688. The van der Waals surface area contributed by atoms with Gasteiger partial charge in [0, 0.05) is 23.8 Å². The van der Waals surface area contributed by atoms with Gasteiger partial charge in [-0.1, -0.05) is 18.0 Å². The van der Waals surface area contributed by atoms with Crippen molar-refractivity contribution in [2.24, 2.45) is 0 Å². The number of rotatable bonds is 7. The van der Waals surface area contributed by atoms with Gasteiger partial charge in [-0.25, -0.2) is 8.42 Å². The molecule has 2 aromatic rings. The topological polar surface area (TPSA) is 84.9 Å². The second kappa shape index (κ2) is 9.68. The van der Waals surface area contributed by atoms with Gasteiger partial charge in [0.1, 0.15) is 16.4 Å². The van der Waals surface area contributed by atoms with Crippen molar-refractivity contribution >= 4 is 33.2 Å². The minimum atomic E-state index is -3.72. The van der Waals surface area contributed by atoms with Crippen LogP contribution in [0.15, 0.2) is 47.4 Å². The molecule has 1 N–H and O–H groups in total. The fraction of sp³-hybridized carbons (Fsp3) is 0.381. The number of hydrogen-bond acceptors (Lipinski definition) is 5. The van der Waals surface area contributed by atoms with E-state index in [1.165, 1.54) is 23.5 Å². The first-order valence-electron chi connectivity index (χ1n) is 9.72. The SMILES string of the molecule is COc1ccc(NC(=O)C(C)Oc2ccc(Cl)cc2)cc1S(=O)(=O)N1CCCCC1. The van der Waals surface area contributed by atoms with E-state index in [1.54, 1.807) is 37.3 Å². The summed E-state index contributed by atoms with van der Waals surface area (Å²) in [4.78, 5) is 12.6. The molecule has 1 amide bonds. The van der Waals surface area contributed by atoms with E-state index in [9.17, 15) is 13.2 Å². The minimum absolute atomic E-state index is 0.0379. The normalized spacial score (nSPS) is 16.0. The third-order valence-electron chi connectivity index (χ3n) is 4.86. The Hall–Kier alpha value is -2.29. The Morgan fingerprint density at radius 2 is 1.77 bits per heavy atom. The molecule has 162 valence electrons. The van der Waals surface area contributed by atoms with E-state index in [2.05, 4.69) is 5.32 Å². The van der Waals surface area contributed by atoms with Crippen molar-refractivity contribution in [3.8, 4) is 11.5 Å². The third kappa shape index (κ3) is 5.24. The highest BCUT2D eigenvalue weighted by atomic mass is 35.5. The molecule has 3 rings (SSSR count). The van der Waals surface area contributed by atoms with E-state index in [1.807, 2.05) is 0 Å². The molecule has 0 aromatic heterocycles. The summed E-state index contributed by atoms with van der Waals surface area (Å²) in [6, 6.07) is 11.2. The zero-order valence-corrected chi connectivity index (χ0v) is 18.5. The van der Waals surface area contributed by atoms with Crippen LogP contribution in [0.25, 0.3) is 0 Å². The van der Waals surface area contributed by atoms with E-state index in [0.717, 1.165) is 19.3 Å². The number of nitrogens with one attached hydrogen (secondary N) is 1. The summed E-state index contributed by atoms with van der Waals surface area (Å²) < 4.78 is 38.6. The van der Waals surface area contributed by atoms with Crippen molar-refractivity contribution in [1.29, 1.82) is 0 Å². The first-order valence-corrected chi connectivity index (χ1v) is 11.5. The average molecular weight is 453 g/mol. The molecule has 1 atom stereocenters. The number of carbonyl (C=O) groups excluding carboxylic acids is 1. The minimum Gasteiger partial charge on any atom is -0.495 e. The number of carbonyl (C=O) groups is 1. The maximum absolute atomic E-state index is 13.1. The zero-order valence-electron chi connectivity index (χ0n) is 16.9.